The molecule has 0 bridgehead atoms. The van der Waals surface area contributed by atoms with Crippen molar-refractivity contribution < 1.29 is 18.1 Å². The molecular formula is C7H17BrClN. The first-order chi connectivity index (χ1) is 4.31. The van der Waals surface area contributed by atoms with E-state index in [1.54, 1.807) is 0 Å². The van der Waals surface area contributed by atoms with Crippen LogP contribution in [0.25, 0.3) is 0 Å². The summed E-state index contributed by atoms with van der Waals surface area (Å²) in [4.78, 5) is 0.657. The molecule has 0 spiro atoms. The van der Waals surface area contributed by atoms with Gasteiger partial charge in [0, 0.05) is 0 Å². The molecule has 1 unspecified atom stereocenters. The third-order valence-corrected chi connectivity index (χ3v) is 2.35. The summed E-state index contributed by atoms with van der Waals surface area (Å²) in [5.74, 6) is 0. The molecule has 64 valence electrons. The van der Waals surface area contributed by atoms with E-state index in [1.165, 1.54) is 25.7 Å². The molecule has 0 aromatic rings. The van der Waals surface area contributed by atoms with Crippen LogP contribution in [0.15, 0.2) is 0 Å². The lowest BCUT2D eigenvalue weighted by atomic mass is 10.2. The molecular weight excluding hydrogens is 213 g/mol. The summed E-state index contributed by atoms with van der Waals surface area (Å²) in [6.07, 6.45) is 5.32. The fourth-order valence-corrected chi connectivity index (χ4v) is 1.08. The molecule has 10 heavy (non-hydrogen) atoms. The van der Waals surface area contributed by atoms with E-state index in [-0.39, 0.29) is 12.4 Å². The van der Waals surface area contributed by atoms with Gasteiger partial charge in [-0.25, -0.2) is 0 Å². The van der Waals surface area contributed by atoms with Crippen LogP contribution in [0.4, 0.5) is 0 Å². The second-order valence-electron chi connectivity index (χ2n) is 2.38. The van der Waals surface area contributed by atoms with Crippen molar-refractivity contribution in [2.75, 3.05) is 6.54 Å². The van der Waals surface area contributed by atoms with Crippen molar-refractivity contribution in [3.8, 4) is 0 Å². The first-order valence-corrected chi connectivity index (χ1v) is 4.66. The summed E-state index contributed by atoms with van der Waals surface area (Å²) in [7, 11) is 0. The van der Waals surface area contributed by atoms with Gasteiger partial charge < -0.3 is 18.1 Å². The minimum atomic E-state index is 0. The van der Waals surface area contributed by atoms with E-state index in [1.807, 2.05) is 0 Å². The molecule has 0 aromatic heterocycles. The number of halogens is 2. The molecule has 1 nitrogen and oxygen atoms in total. The number of rotatable bonds is 5. The van der Waals surface area contributed by atoms with Crippen LogP contribution < -0.4 is 18.1 Å². The van der Waals surface area contributed by atoms with E-state index < -0.39 is 0 Å². The second kappa shape index (κ2) is 9.73. The Kier molecular flexibility index (Phi) is 13.0. The molecule has 0 heterocycles. The first-order valence-electron chi connectivity index (χ1n) is 3.74. The third-order valence-electron chi connectivity index (χ3n) is 1.43. The van der Waals surface area contributed by atoms with Crippen LogP contribution in [0.5, 0.6) is 0 Å². The summed E-state index contributed by atoms with van der Waals surface area (Å²) in [6, 6.07) is 0. The summed E-state index contributed by atoms with van der Waals surface area (Å²) in [6.45, 7) is 3.25. The lowest BCUT2D eigenvalue weighted by molar-refractivity contribution is -0.366. The molecule has 0 radical (unpaired) electrons. The average molecular weight is 231 g/mol. The fourth-order valence-electron chi connectivity index (χ4n) is 0.760. The Hall–Kier alpha value is 0.730. The smallest absolute Gasteiger partial charge is 0.0866 e. The van der Waals surface area contributed by atoms with Crippen molar-refractivity contribution in [1.82, 2.24) is 0 Å². The van der Waals surface area contributed by atoms with Gasteiger partial charge in [-0.05, 0) is 6.42 Å². The highest BCUT2D eigenvalue weighted by Crippen LogP contribution is 2.08. The van der Waals surface area contributed by atoms with Gasteiger partial charge >= 0.3 is 0 Å². The zero-order valence-electron chi connectivity index (χ0n) is 6.58. The Labute approximate surface area is 78.3 Å². The average Bonchev–Trinajstić information content (AvgIpc) is 1.89. The summed E-state index contributed by atoms with van der Waals surface area (Å²) >= 11 is 3.54. The van der Waals surface area contributed by atoms with Gasteiger partial charge in [-0.3, -0.25) is 0 Å². The largest absolute Gasteiger partial charge is 1.00 e. The van der Waals surface area contributed by atoms with Gasteiger partial charge in [0.25, 0.3) is 0 Å². The van der Waals surface area contributed by atoms with Crippen molar-refractivity contribution in [1.29, 1.82) is 0 Å². The second-order valence-corrected chi connectivity index (χ2v) is 3.68. The van der Waals surface area contributed by atoms with E-state index >= 15 is 0 Å². The number of hydrogen-bond acceptors (Lipinski definition) is 0. The van der Waals surface area contributed by atoms with Gasteiger partial charge in [0.05, 0.1) is 11.4 Å². The van der Waals surface area contributed by atoms with E-state index in [4.69, 9.17) is 0 Å². The minimum absolute atomic E-state index is 0. The molecule has 0 aromatic carbocycles. The van der Waals surface area contributed by atoms with Crippen molar-refractivity contribution in [3.63, 3.8) is 0 Å². The standard InChI is InChI=1S/C7H16BrN.ClH/c1-2-3-4-5-7(8)6-9;/h7H,2-6,9H2,1H3;1H. The zero-order valence-corrected chi connectivity index (χ0v) is 8.92. The van der Waals surface area contributed by atoms with E-state index in [9.17, 15) is 0 Å². The van der Waals surface area contributed by atoms with E-state index in [0.717, 1.165) is 6.54 Å². The molecule has 0 fully saturated rings. The van der Waals surface area contributed by atoms with Gasteiger partial charge in [-0.15, -0.1) is 0 Å². The zero-order chi connectivity index (χ0) is 7.11. The van der Waals surface area contributed by atoms with Gasteiger partial charge in [0.15, 0.2) is 0 Å². The molecule has 0 aliphatic rings. The molecule has 0 amide bonds. The van der Waals surface area contributed by atoms with Crippen molar-refractivity contribution in [3.05, 3.63) is 0 Å². The van der Waals surface area contributed by atoms with Crippen LogP contribution in [0, 0.1) is 0 Å². The van der Waals surface area contributed by atoms with Gasteiger partial charge in [0.1, 0.15) is 0 Å². The van der Waals surface area contributed by atoms with Gasteiger partial charge in [0.2, 0.25) is 0 Å². The monoisotopic (exact) mass is 229 g/mol. The normalized spacial score (nSPS) is 12.3. The summed E-state index contributed by atoms with van der Waals surface area (Å²) in [5.41, 5.74) is 3.82. The van der Waals surface area contributed by atoms with Crippen LogP contribution in [0.2, 0.25) is 0 Å². The topological polar surface area (TPSA) is 27.6 Å². The van der Waals surface area contributed by atoms with Crippen LogP contribution in [-0.4, -0.2) is 11.4 Å². The first kappa shape index (κ1) is 13.3. The third kappa shape index (κ3) is 8.73. The Morgan fingerprint density at radius 2 is 2.00 bits per heavy atom. The molecule has 3 N–H and O–H groups in total. The Balaban J connectivity index is 0. The van der Waals surface area contributed by atoms with Crippen molar-refractivity contribution in [2.24, 2.45) is 0 Å². The quantitative estimate of drug-likeness (QED) is 0.443. The Morgan fingerprint density at radius 1 is 1.40 bits per heavy atom. The molecule has 0 saturated carbocycles. The Morgan fingerprint density at radius 3 is 2.40 bits per heavy atom. The van der Waals surface area contributed by atoms with Crippen LogP contribution in [-0.2, 0) is 0 Å². The highest BCUT2D eigenvalue weighted by molar-refractivity contribution is 9.09. The van der Waals surface area contributed by atoms with E-state index in [2.05, 4.69) is 28.6 Å². The molecule has 0 saturated heterocycles. The minimum Gasteiger partial charge on any atom is -1.00 e. The Bertz CT molecular complexity index is 61.6. The maximum absolute atomic E-state index is 3.82. The van der Waals surface area contributed by atoms with Gasteiger partial charge in [-0.2, -0.15) is 0 Å². The van der Waals surface area contributed by atoms with Crippen LogP contribution in [0.3, 0.4) is 0 Å². The maximum atomic E-state index is 3.82. The molecule has 0 aliphatic carbocycles. The predicted molar refractivity (Wildman–Crippen MR) is 44.6 cm³/mol. The van der Waals surface area contributed by atoms with Gasteiger partial charge in [-0.1, -0.05) is 42.1 Å². The van der Waals surface area contributed by atoms with Crippen molar-refractivity contribution in [2.45, 2.75) is 37.4 Å². The number of alkyl halides is 1. The van der Waals surface area contributed by atoms with Crippen molar-refractivity contribution >= 4 is 15.9 Å². The lowest BCUT2D eigenvalue weighted by Gasteiger charge is -2.01. The summed E-state index contributed by atoms with van der Waals surface area (Å²) in [5, 5.41) is 0. The highest BCUT2D eigenvalue weighted by Gasteiger charge is 2.00. The lowest BCUT2D eigenvalue weighted by Crippen LogP contribution is -3.00. The maximum Gasteiger partial charge on any atom is 0.0866 e. The molecule has 0 aliphatic heterocycles. The highest BCUT2D eigenvalue weighted by atomic mass is 79.9. The summed E-state index contributed by atoms with van der Waals surface area (Å²) < 4.78 is 0. The van der Waals surface area contributed by atoms with Crippen LogP contribution >= 0.6 is 15.9 Å². The fraction of sp³-hybridized carbons (Fsp3) is 1.00. The predicted octanol–water partition coefficient (Wildman–Crippen LogP) is -1.42. The molecule has 1 atom stereocenters. The molecule has 0 rings (SSSR count). The number of unbranched alkanes of at least 4 members (excludes halogenated alkanes) is 2. The number of quaternary nitrogens is 1. The SMILES string of the molecule is CCCCCC(Br)C[NH3+].[Cl-]. The van der Waals surface area contributed by atoms with Crippen LogP contribution in [0.1, 0.15) is 32.6 Å². The molecule has 3 heteroatoms. The number of hydrogen-bond donors (Lipinski definition) is 1. The van der Waals surface area contributed by atoms with E-state index in [0.29, 0.717) is 4.83 Å².